The molecule has 0 nitrogen and oxygen atoms in total. The SMILES string of the molecule is CCCCCCCCCCCCCCCCCC[S+](C)C.[Br-]. The van der Waals surface area contributed by atoms with E-state index in [0.717, 1.165) is 0 Å². The fraction of sp³-hybridized carbons (Fsp3) is 1.00. The second-order valence-corrected chi connectivity index (χ2v) is 9.37. The molecule has 0 aromatic carbocycles. The van der Waals surface area contributed by atoms with Crippen LogP contribution in [0, 0.1) is 0 Å². The second kappa shape index (κ2) is 21.8. The molecule has 0 aliphatic heterocycles. The maximum atomic E-state index is 2.37. The molecule has 0 bridgehead atoms. The van der Waals surface area contributed by atoms with E-state index in [1.807, 2.05) is 0 Å². The Bertz CT molecular complexity index is 183. The van der Waals surface area contributed by atoms with E-state index in [1.165, 1.54) is 108 Å². The smallest absolute Gasteiger partial charge is 0.107 e. The first kappa shape index (κ1) is 25.1. The highest BCUT2D eigenvalue weighted by Crippen LogP contribution is 2.13. The summed E-state index contributed by atoms with van der Waals surface area (Å²) >= 11 is 0. The van der Waals surface area contributed by atoms with Gasteiger partial charge in [0.05, 0.1) is 12.5 Å². The van der Waals surface area contributed by atoms with Gasteiger partial charge in [0.2, 0.25) is 0 Å². The minimum Gasteiger partial charge on any atom is -1.00 e. The lowest BCUT2D eigenvalue weighted by molar-refractivity contribution is -0.00000483. The monoisotopic (exact) mass is 394 g/mol. The van der Waals surface area contributed by atoms with Gasteiger partial charge in [-0.2, -0.15) is 0 Å². The third-order valence-corrected chi connectivity index (χ3v) is 5.51. The normalized spacial score (nSPS) is 10.9. The molecule has 0 aromatic heterocycles. The van der Waals surface area contributed by atoms with Crippen molar-refractivity contribution < 1.29 is 17.0 Å². The third kappa shape index (κ3) is 23.1. The highest BCUT2D eigenvalue weighted by atomic mass is 79.9. The van der Waals surface area contributed by atoms with Gasteiger partial charge in [-0.05, 0) is 23.7 Å². The van der Waals surface area contributed by atoms with E-state index < -0.39 is 0 Å². The Labute approximate surface area is 155 Å². The summed E-state index contributed by atoms with van der Waals surface area (Å²) < 4.78 is 0. The molecule has 0 rings (SSSR count). The van der Waals surface area contributed by atoms with Crippen molar-refractivity contribution in [3.8, 4) is 0 Å². The van der Waals surface area contributed by atoms with E-state index in [1.54, 1.807) is 0 Å². The first-order valence-electron chi connectivity index (χ1n) is 9.81. The molecule has 0 atom stereocenters. The minimum atomic E-state index is 0. The molecule has 0 aliphatic rings. The summed E-state index contributed by atoms with van der Waals surface area (Å²) in [5.74, 6) is 1.46. The number of hydrogen-bond donors (Lipinski definition) is 0. The maximum absolute atomic E-state index is 2.37. The van der Waals surface area contributed by atoms with Gasteiger partial charge in [-0.1, -0.05) is 96.8 Å². The average Bonchev–Trinajstić information content (AvgIpc) is 2.46. The summed E-state index contributed by atoms with van der Waals surface area (Å²) in [6, 6.07) is 0. The second-order valence-electron chi connectivity index (χ2n) is 6.99. The predicted octanol–water partition coefficient (Wildman–Crippen LogP) is 4.13. The Balaban J connectivity index is 0. The average molecular weight is 396 g/mol. The molecule has 0 spiro atoms. The van der Waals surface area contributed by atoms with Crippen molar-refractivity contribution in [1.82, 2.24) is 0 Å². The predicted molar refractivity (Wildman–Crippen MR) is 104 cm³/mol. The van der Waals surface area contributed by atoms with Crippen molar-refractivity contribution in [3.63, 3.8) is 0 Å². The van der Waals surface area contributed by atoms with Crippen molar-refractivity contribution >= 4 is 10.9 Å². The molecular formula is C20H43BrS. The highest BCUT2D eigenvalue weighted by molar-refractivity contribution is 7.95. The van der Waals surface area contributed by atoms with Crippen molar-refractivity contribution in [2.75, 3.05) is 18.3 Å². The molecule has 136 valence electrons. The van der Waals surface area contributed by atoms with Gasteiger partial charge in [-0.3, -0.25) is 0 Å². The number of hydrogen-bond acceptors (Lipinski definition) is 0. The van der Waals surface area contributed by atoms with Crippen LogP contribution in [-0.4, -0.2) is 18.3 Å². The van der Waals surface area contributed by atoms with Crippen LogP contribution < -0.4 is 17.0 Å². The minimum absolute atomic E-state index is 0. The molecule has 22 heavy (non-hydrogen) atoms. The van der Waals surface area contributed by atoms with Gasteiger partial charge in [-0.25, -0.2) is 0 Å². The molecule has 0 saturated heterocycles. The zero-order valence-corrected chi connectivity index (χ0v) is 18.2. The molecule has 0 N–H and O–H groups in total. The van der Waals surface area contributed by atoms with Crippen LogP contribution in [0.15, 0.2) is 0 Å². The van der Waals surface area contributed by atoms with Gasteiger partial charge in [0.1, 0.15) is 5.75 Å². The van der Waals surface area contributed by atoms with Crippen molar-refractivity contribution in [2.24, 2.45) is 0 Å². The molecular weight excluding hydrogens is 352 g/mol. The van der Waals surface area contributed by atoms with Crippen LogP contribution >= 0.6 is 0 Å². The molecule has 0 unspecified atom stereocenters. The largest absolute Gasteiger partial charge is 1.00 e. The Morgan fingerprint density at radius 3 is 1.00 bits per heavy atom. The molecule has 0 saturated carbocycles. The van der Waals surface area contributed by atoms with E-state index in [4.69, 9.17) is 0 Å². The van der Waals surface area contributed by atoms with Crippen LogP contribution in [0.3, 0.4) is 0 Å². The van der Waals surface area contributed by atoms with Crippen LogP contribution in [-0.2, 0) is 10.9 Å². The van der Waals surface area contributed by atoms with Crippen LogP contribution in [0.4, 0.5) is 0 Å². The summed E-state index contributed by atoms with van der Waals surface area (Å²) in [4.78, 5) is 0. The Hall–Kier alpha value is 0.830. The summed E-state index contributed by atoms with van der Waals surface area (Å²) in [5.41, 5.74) is 0. The summed E-state index contributed by atoms with van der Waals surface area (Å²) in [5, 5.41) is 0. The van der Waals surface area contributed by atoms with Crippen LogP contribution in [0.25, 0.3) is 0 Å². The first-order chi connectivity index (χ1) is 10.3. The van der Waals surface area contributed by atoms with Crippen molar-refractivity contribution in [2.45, 2.75) is 110 Å². The Morgan fingerprint density at radius 1 is 0.455 bits per heavy atom. The lowest BCUT2D eigenvalue weighted by Crippen LogP contribution is -3.00. The van der Waals surface area contributed by atoms with E-state index in [9.17, 15) is 0 Å². The standard InChI is InChI=1S/C20H43S.BrH/c1-4-5-6-7-8-9-10-11-12-13-14-15-16-17-18-19-20-21(2)3;/h4-20H2,1-3H3;1H/q+1;/p-1. The zero-order chi connectivity index (χ0) is 15.6. The van der Waals surface area contributed by atoms with Gasteiger partial charge >= 0.3 is 0 Å². The Kier molecular flexibility index (Phi) is 24.9. The molecule has 0 amide bonds. The molecule has 2 heteroatoms. The highest BCUT2D eigenvalue weighted by Gasteiger charge is 2.00. The molecule has 0 radical (unpaired) electrons. The molecule has 0 aromatic rings. The first-order valence-corrected chi connectivity index (χ1v) is 12.0. The molecule has 0 heterocycles. The lowest BCUT2D eigenvalue weighted by atomic mass is 10.0. The molecule has 0 aliphatic carbocycles. The number of unbranched alkanes of at least 4 members (excludes halogenated alkanes) is 15. The van der Waals surface area contributed by atoms with Gasteiger partial charge in [0.15, 0.2) is 0 Å². The fourth-order valence-corrected chi connectivity index (χ4v) is 3.72. The zero-order valence-electron chi connectivity index (χ0n) is 15.8. The fourth-order valence-electron chi connectivity index (χ4n) is 2.94. The summed E-state index contributed by atoms with van der Waals surface area (Å²) in [6.07, 6.45) is 28.3. The lowest BCUT2D eigenvalue weighted by Gasteiger charge is -2.03. The number of halogens is 1. The van der Waals surface area contributed by atoms with Crippen LogP contribution in [0.2, 0.25) is 0 Å². The van der Waals surface area contributed by atoms with Crippen LogP contribution in [0.1, 0.15) is 110 Å². The quantitative estimate of drug-likeness (QED) is 0.257. The maximum Gasteiger partial charge on any atom is 0.107 e. The Morgan fingerprint density at radius 2 is 0.727 bits per heavy atom. The van der Waals surface area contributed by atoms with Gasteiger partial charge in [0, 0.05) is 0 Å². The molecule has 0 fully saturated rings. The third-order valence-electron chi connectivity index (χ3n) is 4.41. The topological polar surface area (TPSA) is 0 Å². The summed E-state index contributed by atoms with van der Waals surface area (Å²) in [7, 11) is 0.667. The van der Waals surface area contributed by atoms with Gasteiger partial charge in [0.25, 0.3) is 0 Å². The van der Waals surface area contributed by atoms with Crippen molar-refractivity contribution in [3.05, 3.63) is 0 Å². The van der Waals surface area contributed by atoms with Crippen LogP contribution in [0.5, 0.6) is 0 Å². The van der Waals surface area contributed by atoms with Crippen molar-refractivity contribution in [1.29, 1.82) is 0 Å². The van der Waals surface area contributed by atoms with Gasteiger partial charge < -0.3 is 17.0 Å². The number of rotatable bonds is 17. The summed E-state index contributed by atoms with van der Waals surface area (Å²) in [6.45, 7) is 2.30. The van der Waals surface area contributed by atoms with E-state index >= 15 is 0 Å². The van der Waals surface area contributed by atoms with Gasteiger partial charge in [-0.15, -0.1) is 0 Å². The van der Waals surface area contributed by atoms with E-state index in [-0.39, 0.29) is 17.0 Å². The van der Waals surface area contributed by atoms with E-state index in [0.29, 0.717) is 10.9 Å². The van der Waals surface area contributed by atoms with E-state index in [2.05, 4.69) is 19.4 Å².